The first-order valence-electron chi connectivity index (χ1n) is 7.71. The number of benzene rings is 1. The molecule has 0 radical (unpaired) electrons. The molecule has 1 atom stereocenters. The maximum atomic E-state index is 12.3. The van der Waals surface area contributed by atoms with E-state index in [-0.39, 0.29) is 18.5 Å². The standard InChI is InChI=1S/C17H22N4O/c1-11-8-12(2)21(20-11)10-17(22)19-16-5-3-4-13-9-14(18)6-7-15(13)16/h6-9,16H,3-5,10,18H2,1-2H3,(H,19,22). The van der Waals surface area contributed by atoms with Gasteiger partial charge in [0.1, 0.15) is 6.54 Å². The van der Waals surface area contributed by atoms with Gasteiger partial charge in [-0.05, 0) is 62.4 Å². The first kappa shape index (κ1) is 14.6. The number of carbonyl (C=O) groups is 1. The maximum absolute atomic E-state index is 12.3. The summed E-state index contributed by atoms with van der Waals surface area (Å²) in [6, 6.07) is 8.03. The van der Waals surface area contributed by atoms with E-state index in [9.17, 15) is 4.79 Å². The Bertz CT molecular complexity index is 705. The van der Waals surface area contributed by atoms with E-state index in [0.717, 1.165) is 36.3 Å². The van der Waals surface area contributed by atoms with Crippen molar-refractivity contribution in [2.24, 2.45) is 0 Å². The number of hydrogen-bond acceptors (Lipinski definition) is 3. The van der Waals surface area contributed by atoms with Crippen LogP contribution in [0.5, 0.6) is 0 Å². The van der Waals surface area contributed by atoms with Gasteiger partial charge in [-0.3, -0.25) is 9.48 Å². The average Bonchev–Trinajstić information content (AvgIpc) is 2.76. The minimum atomic E-state index is 0.000810. The lowest BCUT2D eigenvalue weighted by molar-refractivity contribution is -0.122. The summed E-state index contributed by atoms with van der Waals surface area (Å²) in [6.45, 7) is 4.16. The molecule has 5 nitrogen and oxygen atoms in total. The van der Waals surface area contributed by atoms with Gasteiger partial charge in [-0.15, -0.1) is 0 Å². The number of fused-ring (bicyclic) bond motifs is 1. The second-order valence-corrected chi connectivity index (χ2v) is 6.06. The van der Waals surface area contributed by atoms with Crippen LogP contribution in [0, 0.1) is 13.8 Å². The van der Waals surface area contributed by atoms with Crippen LogP contribution < -0.4 is 11.1 Å². The second kappa shape index (κ2) is 5.83. The molecule has 5 heteroatoms. The summed E-state index contributed by atoms with van der Waals surface area (Å²) in [5.74, 6) is 0.000810. The Labute approximate surface area is 130 Å². The highest BCUT2D eigenvalue weighted by atomic mass is 16.2. The minimum Gasteiger partial charge on any atom is -0.399 e. The lowest BCUT2D eigenvalue weighted by Crippen LogP contribution is -2.34. The quantitative estimate of drug-likeness (QED) is 0.854. The number of rotatable bonds is 3. The lowest BCUT2D eigenvalue weighted by atomic mass is 9.87. The Kier molecular flexibility index (Phi) is 3.88. The van der Waals surface area contributed by atoms with Crippen molar-refractivity contribution in [3.63, 3.8) is 0 Å². The van der Waals surface area contributed by atoms with Gasteiger partial charge in [-0.2, -0.15) is 5.10 Å². The number of nitrogens with zero attached hydrogens (tertiary/aromatic N) is 2. The van der Waals surface area contributed by atoms with Crippen molar-refractivity contribution in [3.8, 4) is 0 Å². The van der Waals surface area contributed by atoms with Crippen LogP contribution >= 0.6 is 0 Å². The fourth-order valence-corrected chi connectivity index (χ4v) is 3.20. The van der Waals surface area contributed by atoms with Crippen LogP contribution in [0.25, 0.3) is 0 Å². The second-order valence-electron chi connectivity index (χ2n) is 6.06. The third-order valence-electron chi connectivity index (χ3n) is 4.21. The largest absolute Gasteiger partial charge is 0.399 e. The van der Waals surface area contributed by atoms with E-state index >= 15 is 0 Å². The summed E-state index contributed by atoms with van der Waals surface area (Å²) in [5, 5.41) is 7.48. The molecule has 0 aliphatic heterocycles. The van der Waals surface area contributed by atoms with E-state index in [1.165, 1.54) is 11.1 Å². The van der Waals surface area contributed by atoms with Crippen LogP contribution in [0.3, 0.4) is 0 Å². The molecule has 2 aromatic rings. The van der Waals surface area contributed by atoms with Crippen molar-refractivity contribution in [3.05, 3.63) is 46.8 Å². The van der Waals surface area contributed by atoms with Crippen molar-refractivity contribution in [1.29, 1.82) is 0 Å². The normalized spacial score (nSPS) is 17.1. The van der Waals surface area contributed by atoms with Crippen LogP contribution in [0.15, 0.2) is 24.3 Å². The van der Waals surface area contributed by atoms with Crippen molar-refractivity contribution in [1.82, 2.24) is 15.1 Å². The van der Waals surface area contributed by atoms with Gasteiger partial charge in [0.05, 0.1) is 11.7 Å². The number of aromatic nitrogens is 2. The highest BCUT2D eigenvalue weighted by molar-refractivity contribution is 5.76. The van der Waals surface area contributed by atoms with E-state index in [0.29, 0.717) is 0 Å². The molecule has 0 saturated carbocycles. The molecular weight excluding hydrogens is 276 g/mol. The highest BCUT2D eigenvalue weighted by Crippen LogP contribution is 2.30. The molecule has 0 saturated heterocycles. The highest BCUT2D eigenvalue weighted by Gasteiger charge is 2.22. The molecule has 0 fully saturated rings. The lowest BCUT2D eigenvalue weighted by Gasteiger charge is -2.26. The summed E-state index contributed by atoms with van der Waals surface area (Å²) < 4.78 is 1.75. The van der Waals surface area contributed by atoms with Gasteiger partial charge in [0.25, 0.3) is 0 Å². The van der Waals surface area contributed by atoms with Crippen LogP contribution in [0.2, 0.25) is 0 Å². The number of amides is 1. The van der Waals surface area contributed by atoms with Crippen molar-refractivity contribution >= 4 is 11.6 Å². The first-order chi connectivity index (χ1) is 10.5. The van der Waals surface area contributed by atoms with Crippen LogP contribution in [0.1, 0.15) is 41.4 Å². The Hall–Kier alpha value is -2.30. The van der Waals surface area contributed by atoms with Gasteiger partial charge in [-0.1, -0.05) is 6.07 Å². The van der Waals surface area contributed by atoms with Gasteiger partial charge in [0.2, 0.25) is 5.91 Å². The summed E-state index contributed by atoms with van der Waals surface area (Å²) in [5.41, 5.74) is 11.0. The number of hydrogen-bond donors (Lipinski definition) is 2. The molecule has 3 rings (SSSR count). The summed E-state index contributed by atoms with van der Waals surface area (Å²) in [7, 11) is 0. The molecule has 0 bridgehead atoms. The molecule has 1 unspecified atom stereocenters. The summed E-state index contributed by atoms with van der Waals surface area (Å²) in [4.78, 5) is 12.3. The van der Waals surface area contributed by atoms with Crippen molar-refractivity contribution in [2.75, 3.05) is 5.73 Å². The van der Waals surface area contributed by atoms with E-state index in [2.05, 4.69) is 10.4 Å². The van der Waals surface area contributed by atoms with E-state index in [1.807, 2.05) is 38.1 Å². The number of nitrogen functional groups attached to an aromatic ring is 1. The Morgan fingerprint density at radius 2 is 2.23 bits per heavy atom. The van der Waals surface area contributed by atoms with E-state index < -0.39 is 0 Å². The Balaban J connectivity index is 1.71. The topological polar surface area (TPSA) is 72.9 Å². The molecular formula is C17H22N4O. The van der Waals surface area contributed by atoms with Crippen LogP contribution in [-0.4, -0.2) is 15.7 Å². The molecule has 1 aromatic carbocycles. The van der Waals surface area contributed by atoms with Crippen LogP contribution in [0.4, 0.5) is 5.69 Å². The molecule has 22 heavy (non-hydrogen) atoms. The van der Waals surface area contributed by atoms with Gasteiger partial charge in [-0.25, -0.2) is 0 Å². The average molecular weight is 298 g/mol. The molecule has 3 N–H and O–H groups in total. The molecule has 116 valence electrons. The Morgan fingerprint density at radius 3 is 2.95 bits per heavy atom. The number of carbonyl (C=O) groups excluding carboxylic acids is 1. The minimum absolute atomic E-state index is 0.000810. The van der Waals surface area contributed by atoms with Gasteiger partial charge in [0, 0.05) is 11.4 Å². The van der Waals surface area contributed by atoms with Gasteiger partial charge >= 0.3 is 0 Å². The zero-order valence-electron chi connectivity index (χ0n) is 13.1. The molecule has 1 aliphatic carbocycles. The van der Waals surface area contributed by atoms with E-state index in [1.54, 1.807) is 4.68 Å². The van der Waals surface area contributed by atoms with Crippen molar-refractivity contribution < 1.29 is 4.79 Å². The number of anilines is 1. The van der Waals surface area contributed by atoms with Crippen molar-refractivity contribution in [2.45, 2.75) is 45.7 Å². The number of aryl methyl sites for hydroxylation is 3. The third-order valence-corrected chi connectivity index (χ3v) is 4.21. The molecule has 1 aliphatic rings. The predicted molar refractivity (Wildman–Crippen MR) is 86.4 cm³/mol. The molecule has 0 spiro atoms. The van der Waals surface area contributed by atoms with Gasteiger partial charge in [0.15, 0.2) is 0 Å². The summed E-state index contributed by atoms with van der Waals surface area (Å²) >= 11 is 0. The molecule has 1 aromatic heterocycles. The monoisotopic (exact) mass is 298 g/mol. The fourth-order valence-electron chi connectivity index (χ4n) is 3.20. The maximum Gasteiger partial charge on any atom is 0.242 e. The SMILES string of the molecule is Cc1cc(C)n(CC(=O)NC2CCCc3cc(N)ccc32)n1. The fraction of sp³-hybridized carbons (Fsp3) is 0.412. The zero-order chi connectivity index (χ0) is 15.7. The van der Waals surface area contributed by atoms with Gasteiger partial charge < -0.3 is 11.1 Å². The predicted octanol–water partition coefficient (Wildman–Crippen LogP) is 2.28. The van der Waals surface area contributed by atoms with E-state index in [4.69, 9.17) is 5.73 Å². The zero-order valence-corrected chi connectivity index (χ0v) is 13.1. The summed E-state index contributed by atoms with van der Waals surface area (Å²) in [6.07, 6.45) is 3.07. The Morgan fingerprint density at radius 1 is 1.41 bits per heavy atom. The number of nitrogens with one attached hydrogen (secondary N) is 1. The first-order valence-corrected chi connectivity index (χ1v) is 7.71. The molecule has 1 amide bonds. The number of nitrogens with two attached hydrogens (primary N) is 1. The third kappa shape index (κ3) is 2.98. The smallest absolute Gasteiger partial charge is 0.242 e. The molecule has 1 heterocycles. The van der Waals surface area contributed by atoms with Crippen LogP contribution in [-0.2, 0) is 17.8 Å².